The first kappa shape index (κ1) is 26.2. The molecular formula is C30H37N3O5. The van der Waals surface area contributed by atoms with Crippen molar-refractivity contribution in [1.29, 1.82) is 0 Å². The molecule has 1 spiro atoms. The van der Waals surface area contributed by atoms with Gasteiger partial charge in [0, 0.05) is 53.8 Å². The van der Waals surface area contributed by atoms with E-state index in [4.69, 9.17) is 9.47 Å². The fraction of sp³-hybridized carbons (Fsp3) is 0.500. The van der Waals surface area contributed by atoms with E-state index in [1.807, 2.05) is 24.3 Å². The van der Waals surface area contributed by atoms with Gasteiger partial charge in [-0.2, -0.15) is 0 Å². The number of anilines is 1. The Labute approximate surface area is 224 Å². The molecule has 3 aliphatic rings. The van der Waals surface area contributed by atoms with Gasteiger partial charge in [-0.1, -0.05) is 18.2 Å². The zero-order valence-electron chi connectivity index (χ0n) is 23.0. The molecule has 0 aliphatic carbocycles. The second kappa shape index (κ2) is 8.83. The van der Waals surface area contributed by atoms with Crippen LogP contribution in [0.2, 0.25) is 0 Å². The zero-order valence-corrected chi connectivity index (χ0v) is 23.0. The van der Waals surface area contributed by atoms with Gasteiger partial charge in [-0.25, -0.2) is 0 Å². The van der Waals surface area contributed by atoms with Gasteiger partial charge < -0.3 is 19.7 Å². The van der Waals surface area contributed by atoms with Gasteiger partial charge in [0.1, 0.15) is 11.9 Å². The highest BCUT2D eigenvalue weighted by molar-refractivity contribution is 5.75. The fourth-order valence-electron chi connectivity index (χ4n) is 6.75. The summed E-state index contributed by atoms with van der Waals surface area (Å²) in [4.78, 5) is 26.2. The topological polar surface area (TPSA) is 93.9 Å². The normalized spacial score (nSPS) is 24.4. The van der Waals surface area contributed by atoms with Crippen LogP contribution < -0.4 is 15.0 Å². The lowest BCUT2D eigenvalue weighted by molar-refractivity contribution is -0.384. The van der Waals surface area contributed by atoms with Gasteiger partial charge in [-0.05, 0) is 71.4 Å². The number of fused-ring (bicyclic) bond motifs is 2. The lowest BCUT2D eigenvalue weighted by Gasteiger charge is -2.47. The zero-order chi connectivity index (χ0) is 27.5. The molecule has 2 aromatic carbocycles. The minimum atomic E-state index is -0.904. The van der Waals surface area contributed by atoms with Gasteiger partial charge in [0.15, 0.2) is 0 Å². The number of hydrogen-bond acceptors (Lipinski definition) is 7. The number of carbonyl (C=O) groups is 1. The molecule has 1 atom stereocenters. The molecule has 0 amide bonds. The quantitative estimate of drug-likeness (QED) is 0.306. The predicted molar refractivity (Wildman–Crippen MR) is 147 cm³/mol. The minimum absolute atomic E-state index is 0.0192. The Morgan fingerprint density at radius 1 is 1.11 bits per heavy atom. The third-order valence-electron chi connectivity index (χ3n) is 8.11. The van der Waals surface area contributed by atoms with Gasteiger partial charge in [-0.15, -0.1) is 0 Å². The van der Waals surface area contributed by atoms with Crippen molar-refractivity contribution in [3.63, 3.8) is 0 Å². The van der Waals surface area contributed by atoms with E-state index >= 15 is 0 Å². The number of carbonyl (C=O) groups excluding carboxylic acids is 1. The molecule has 1 unspecified atom stereocenters. The molecule has 0 saturated carbocycles. The monoisotopic (exact) mass is 519 g/mol. The van der Waals surface area contributed by atoms with Crippen LogP contribution in [-0.4, -0.2) is 40.3 Å². The summed E-state index contributed by atoms with van der Waals surface area (Å²) in [6, 6.07) is 12.8. The highest BCUT2D eigenvalue weighted by atomic mass is 16.6. The first-order valence-electron chi connectivity index (χ1n) is 13.3. The van der Waals surface area contributed by atoms with Crippen LogP contribution in [0.25, 0.3) is 6.08 Å². The van der Waals surface area contributed by atoms with Gasteiger partial charge in [0.05, 0.1) is 16.8 Å². The highest BCUT2D eigenvalue weighted by Gasteiger charge is 2.58. The largest absolute Gasteiger partial charge is 0.463 e. The molecule has 0 bridgehead atoms. The maximum absolute atomic E-state index is 13.1. The number of benzene rings is 2. The Hall–Kier alpha value is -3.39. The van der Waals surface area contributed by atoms with Gasteiger partial charge in [0.25, 0.3) is 5.69 Å². The third kappa shape index (κ3) is 4.45. The van der Waals surface area contributed by atoms with Crippen LogP contribution in [-0.2, 0) is 14.9 Å². The molecule has 1 fully saturated rings. The Morgan fingerprint density at radius 3 is 2.47 bits per heavy atom. The number of nitrogens with one attached hydrogen (secondary N) is 1. The summed E-state index contributed by atoms with van der Waals surface area (Å²) in [7, 11) is 0. The molecular weight excluding hydrogens is 482 g/mol. The van der Waals surface area contributed by atoms with Gasteiger partial charge >= 0.3 is 5.97 Å². The summed E-state index contributed by atoms with van der Waals surface area (Å²) in [5, 5.41) is 14.9. The van der Waals surface area contributed by atoms with E-state index in [1.165, 1.54) is 12.1 Å². The molecule has 1 N–H and O–H groups in total. The molecule has 5 rings (SSSR count). The number of rotatable bonds is 5. The van der Waals surface area contributed by atoms with Crippen molar-refractivity contribution in [2.75, 3.05) is 11.4 Å². The van der Waals surface area contributed by atoms with E-state index in [9.17, 15) is 14.9 Å². The number of nitro benzene ring substituents is 1. The molecule has 38 heavy (non-hydrogen) atoms. The van der Waals surface area contributed by atoms with Crippen LogP contribution >= 0.6 is 0 Å². The van der Waals surface area contributed by atoms with E-state index < -0.39 is 16.1 Å². The average molecular weight is 520 g/mol. The van der Waals surface area contributed by atoms with E-state index in [1.54, 1.807) is 6.07 Å². The Bertz CT molecular complexity index is 1300. The molecule has 2 aromatic rings. The molecule has 8 heteroatoms. The summed E-state index contributed by atoms with van der Waals surface area (Å²) in [5.41, 5.74) is 1.20. The van der Waals surface area contributed by atoms with E-state index in [-0.39, 0.29) is 35.3 Å². The molecule has 202 valence electrons. The Kier molecular flexibility index (Phi) is 6.10. The number of ether oxygens (including phenoxy) is 2. The Balaban J connectivity index is 1.40. The van der Waals surface area contributed by atoms with Crippen LogP contribution in [0.3, 0.4) is 0 Å². The van der Waals surface area contributed by atoms with E-state index in [0.29, 0.717) is 17.9 Å². The number of nitro groups is 1. The second-order valence-electron chi connectivity index (χ2n) is 12.6. The van der Waals surface area contributed by atoms with Crippen LogP contribution in [0.5, 0.6) is 5.75 Å². The molecule has 3 aliphatic heterocycles. The molecule has 0 radical (unpaired) electrons. The van der Waals surface area contributed by atoms with Crippen LogP contribution in [0.4, 0.5) is 11.4 Å². The minimum Gasteiger partial charge on any atom is -0.463 e. The van der Waals surface area contributed by atoms with Crippen molar-refractivity contribution < 1.29 is 19.2 Å². The SMILES string of the molecule is CC1(C)CC(OC(=O)CCN2c3ccccc3C(C)(C)C23C=Cc2cc([N+](=O)[O-])ccc2O3)CC(C)(C)N1. The number of non-ortho nitro benzene ring substituents is 1. The number of piperidine rings is 1. The molecule has 1 saturated heterocycles. The van der Waals surface area contributed by atoms with Crippen LogP contribution in [0.1, 0.15) is 71.9 Å². The lowest BCUT2D eigenvalue weighted by Crippen LogP contribution is -2.60. The van der Waals surface area contributed by atoms with Crippen LogP contribution in [0, 0.1) is 10.1 Å². The standard InChI is InChI=1S/C30H37N3O5/c1-27(2)18-22(19-28(3,4)31-27)37-26(34)14-16-32-24-10-8-7-9-23(24)29(5,6)30(32)15-13-20-17-21(33(35)36)11-12-25(20)38-30/h7-13,15,17,22,31H,14,16,18-19H2,1-6H3. The molecule has 8 nitrogen and oxygen atoms in total. The summed E-state index contributed by atoms with van der Waals surface area (Å²) in [5.74, 6) is 0.349. The van der Waals surface area contributed by atoms with E-state index in [2.05, 4.69) is 63.9 Å². The van der Waals surface area contributed by atoms with Crippen molar-refractivity contribution in [2.24, 2.45) is 0 Å². The van der Waals surface area contributed by atoms with Crippen molar-refractivity contribution in [3.8, 4) is 5.75 Å². The predicted octanol–water partition coefficient (Wildman–Crippen LogP) is 5.74. The first-order valence-corrected chi connectivity index (χ1v) is 13.3. The lowest BCUT2D eigenvalue weighted by atomic mass is 9.76. The molecule has 3 heterocycles. The Morgan fingerprint density at radius 2 is 1.79 bits per heavy atom. The van der Waals surface area contributed by atoms with Gasteiger partial charge in [0.2, 0.25) is 5.72 Å². The summed E-state index contributed by atoms with van der Waals surface area (Å²) in [6.45, 7) is 13.2. The summed E-state index contributed by atoms with van der Waals surface area (Å²) < 4.78 is 12.7. The summed E-state index contributed by atoms with van der Waals surface area (Å²) >= 11 is 0. The van der Waals surface area contributed by atoms with Gasteiger partial charge in [-0.3, -0.25) is 14.9 Å². The highest BCUT2D eigenvalue weighted by Crippen LogP contribution is 2.55. The van der Waals surface area contributed by atoms with Crippen molar-refractivity contribution >= 4 is 23.4 Å². The second-order valence-corrected chi connectivity index (χ2v) is 12.6. The fourth-order valence-corrected chi connectivity index (χ4v) is 6.75. The van der Waals surface area contributed by atoms with Crippen molar-refractivity contribution in [1.82, 2.24) is 5.32 Å². The van der Waals surface area contributed by atoms with Crippen molar-refractivity contribution in [2.45, 2.75) is 89.1 Å². The van der Waals surface area contributed by atoms with E-state index in [0.717, 1.165) is 24.1 Å². The maximum Gasteiger partial charge on any atom is 0.307 e. The summed E-state index contributed by atoms with van der Waals surface area (Å²) in [6.07, 6.45) is 5.47. The number of para-hydroxylation sites is 1. The third-order valence-corrected chi connectivity index (χ3v) is 8.11. The molecule has 0 aromatic heterocycles. The van der Waals surface area contributed by atoms with Crippen LogP contribution in [0.15, 0.2) is 48.5 Å². The smallest absolute Gasteiger partial charge is 0.307 e. The van der Waals surface area contributed by atoms with Crippen molar-refractivity contribution in [3.05, 3.63) is 69.8 Å². The number of hydrogen-bond donors (Lipinski definition) is 1. The maximum atomic E-state index is 13.1. The first-order chi connectivity index (χ1) is 17.7. The number of esters is 1. The average Bonchev–Trinajstić information content (AvgIpc) is 2.98. The number of nitrogens with zero attached hydrogens (tertiary/aromatic N) is 2.